The lowest BCUT2D eigenvalue weighted by atomic mass is 9.97. The molecule has 1 aromatic carbocycles. The predicted molar refractivity (Wildman–Crippen MR) is 128 cm³/mol. The quantitative estimate of drug-likeness (QED) is 0.357. The number of Topliss-reactive ketones (excluding diaryl/α,β-unsaturated/α-hetero) is 1. The topological polar surface area (TPSA) is 99.8 Å². The van der Waals surface area contributed by atoms with Gasteiger partial charge in [-0.2, -0.15) is 13.2 Å². The van der Waals surface area contributed by atoms with Gasteiger partial charge in [0.25, 0.3) is 5.91 Å². The fraction of sp³-hybridized carbons (Fsp3) is 0.333. The Morgan fingerprint density at radius 2 is 1.88 bits per heavy atom. The van der Waals surface area contributed by atoms with Crippen molar-refractivity contribution in [1.82, 2.24) is 20.3 Å². The minimum Gasteiger partial charge on any atom is -0.360 e. The van der Waals surface area contributed by atoms with Crippen LogP contribution in [-0.2, 0) is 11.3 Å². The first kappa shape index (κ1) is 24.9. The van der Waals surface area contributed by atoms with E-state index in [0.29, 0.717) is 29.4 Å². The number of H-pyrrole nitrogens is 1. The predicted octanol–water partition coefficient (Wildman–Crippen LogP) is 5.49. The van der Waals surface area contributed by atoms with Gasteiger partial charge in [-0.15, -0.1) is 0 Å². The van der Waals surface area contributed by atoms with Crippen molar-refractivity contribution in [2.75, 3.05) is 5.32 Å². The zero-order chi connectivity index (χ0) is 24.7. The van der Waals surface area contributed by atoms with E-state index in [9.17, 15) is 22.8 Å². The fourth-order valence-electron chi connectivity index (χ4n) is 3.30. The molecule has 2 heterocycles. The lowest BCUT2D eigenvalue weighted by Crippen LogP contribution is -2.35. The van der Waals surface area contributed by atoms with Crippen molar-refractivity contribution < 1.29 is 27.0 Å². The van der Waals surface area contributed by atoms with Gasteiger partial charge in [0.05, 0.1) is 12.5 Å². The molecule has 0 spiro atoms. The molecule has 0 aliphatic carbocycles. The zero-order valence-electron chi connectivity index (χ0n) is 18.8. The number of hydrogen-bond donors (Lipinski definition) is 3. The van der Waals surface area contributed by atoms with Crippen molar-refractivity contribution in [3.8, 4) is 11.4 Å². The third-order valence-electron chi connectivity index (χ3n) is 5.11. The summed E-state index contributed by atoms with van der Waals surface area (Å²) in [5, 5.41) is 5.76. The smallest absolute Gasteiger partial charge is 0.360 e. The Labute approximate surface area is 199 Å². The molecule has 0 saturated heterocycles. The Morgan fingerprint density at radius 3 is 2.56 bits per heavy atom. The number of hydrogen-bond acceptors (Lipinski definition) is 5. The maximum absolute atomic E-state index is 12.5. The highest BCUT2D eigenvalue weighted by atomic mass is 19.4. The number of rotatable bonds is 10. The van der Waals surface area contributed by atoms with Crippen LogP contribution in [0.25, 0.3) is 11.4 Å². The number of amides is 1. The molecule has 10 heteroatoms. The van der Waals surface area contributed by atoms with Crippen molar-refractivity contribution >= 4 is 17.5 Å². The summed E-state index contributed by atoms with van der Waals surface area (Å²) in [7, 11) is 0. The van der Waals surface area contributed by atoms with Gasteiger partial charge in [-0.1, -0.05) is 44.2 Å². The summed E-state index contributed by atoms with van der Waals surface area (Å²) in [6, 6.07) is 11.8. The molecule has 3 N–H and O–H groups in total. The highest BCUT2D eigenvalue weighted by Gasteiger charge is 2.31. The van der Waals surface area contributed by atoms with Crippen LogP contribution in [0.15, 0.2) is 54.9 Å². The molecule has 1 atom stereocenters. The lowest BCUT2D eigenvalue weighted by Gasteiger charge is -2.22. The number of nitrogens with one attached hydrogen (secondary N) is 3. The second kappa shape index (κ2) is 11.0. The fourth-order valence-corrected chi connectivity index (χ4v) is 3.30. The molecule has 34 heavy (non-hydrogen) atoms. The van der Waals surface area contributed by atoms with Crippen molar-refractivity contribution in [3.63, 3.8) is 0 Å². The molecular formula is C24H32F3N5O2. The number of benzene rings is 1. The Morgan fingerprint density at radius 1 is 1.15 bits per heavy atom. The monoisotopic (exact) mass is 479 g/mol. The Bertz CT molecular complexity index is 1130. The number of anilines is 1. The van der Waals surface area contributed by atoms with Crippen LogP contribution in [-0.4, -0.2) is 38.9 Å². The van der Waals surface area contributed by atoms with Crippen molar-refractivity contribution in [2.24, 2.45) is 5.92 Å². The van der Waals surface area contributed by atoms with Crippen molar-refractivity contribution in [3.05, 3.63) is 66.1 Å². The van der Waals surface area contributed by atoms with E-state index in [1.807, 2.05) is 30.3 Å². The molecule has 0 aliphatic heterocycles. The summed E-state index contributed by atoms with van der Waals surface area (Å²) in [6.45, 7) is 3.87. The van der Waals surface area contributed by atoms with Crippen LogP contribution >= 0.6 is 0 Å². The number of halogens is 3. The van der Waals surface area contributed by atoms with Crippen LogP contribution in [0.4, 0.5) is 19.0 Å². The van der Waals surface area contributed by atoms with E-state index < -0.39 is 30.8 Å². The largest absolute Gasteiger partial charge is 0.389 e. The van der Waals surface area contributed by atoms with Crippen molar-refractivity contribution in [2.45, 2.75) is 45.5 Å². The van der Waals surface area contributed by atoms with Crippen LogP contribution in [0.2, 0.25) is 0 Å². The highest BCUT2D eigenvalue weighted by Crippen LogP contribution is 2.24. The Kier molecular flexibility index (Phi) is 8.04. The van der Waals surface area contributed by atoms with E-state index in [-0.39, 0.29) is 16.1 Å². The molecule has 186 valence electrons. The number of carbonyl (C=O) groups excluding carboxylic acids is 2. The van der Waals surface area contributed by atoms with Gasteiger partial charge in [0.15, 0.2) is 11.6 Å². The molecule has 3 aromatic rings. The summed E-state index contributed by atoms with van der Waals surface area (Å²) in [6.07, 6.45) is -3.09. The average molecular weight is 480 g/mol. The SMILES string of the molecule is CC(C)[C@@H](Nc1ccnc(-c2c[nH]c(C(=O)NCc3ccccc3)c2)n1)C(=O)CCC(F)(F)F.[HH].[HH].[HH]. The van der Waals surface area contributed by atoms with Gasteiger partial charge in [-0.05, 0) is 23.6 Å². The zero-order valence-corrected chi connectivity index (χ0v) is 18.8. The molecule has 0 radical (unpaired) electrons. The summed E-state index contributed by atoms with van der Waals surface area (Å²) >= 11 is 0. The Balaban J connectivity index is 0.00000432. The normalized spacial score (nSPS) is 12.4. The van der Waals surface area contributed by atoms with E-state index in [1.54, 1.807) is 26.1 Å². The molecule has 3 rings (SSSR count). The van der Waals surface area contributed by atoms with Crippen molar-refractivity contribution in [1.29, 1.82) is 0 Å². The number of aromatic nitrogens is 3. The number of carbonyl (C=O) groups is 2. The Hall–Kier alpha value is -3.69. The van der Waals surface area contributed by atoms with Gasteiger partial charge in [-0.3, -0.25) is 9.59 Å². The molecule has 0 fully saturated rings. The van der Waals surface area contributed by atoms with Gasteiger partial charge in [0.2, 0.25) is 0 Å². The van der Waals surface area contributed by atoms with E-state index >= 15 is 0 Å². The molecule has 7 nitrogen and oxygen atoms in total. The van der Waals surface area contributed by atoms with E-state index in [4.69, 9.17) is 0 Å². The maximum atomic E-state index is 12.5. The molecule has 2 aromatic heterocycles. The summed E-state index contributed by atoms with van der Waals surface area (Å²) in [5.74, 6) is -0.466. The van der Waals surface area contributed by atoms with E-state index in [0.717, 1.165) is 5.56 Å². The number of alkyl halides is 3. The number of ketones is 1. The molecule has 0 unspecified atom stereocenters. The van der Waals surface area contributed by atoms with Gasteiger partial charge in [-0.25, -0.2) is 9.97 Å². The van der Waals surface area contributed by atoms with E-state index in [1.165, 1.54) is 12.3 Å². The summed E-state index contributed by atoms with van der Waals surface area (Å²) in [4.78, 5) is 36.3. The first-order valence-corrected chi connectivity index (χ1v) is 10.8. The second-order valence-electron chi connectivity index (χ2n) is 8.18. The molecule has 0 saturated carbocycles. The van der Waals surface area contributed by atoms with Crippen LogP contribution in [0, 0.1) is 5.92 Å². The average Bonchev–Trinajstić information content (AvgIpc) is 3.30. The third-order valence-corrected chi connectivity index (χ3v) is 5.11. The van der Waals surface area contributed by atoms with Gasteiger partial charge in [0, 0.05) is 35.2 Å². The first-order valence-electron chi connectivity index (χ1n) is 10.8. The van der Waals surface area contributed by atoms with Crippen LogP contribution < -0.4 is 10.6 Å². The standard InChI is InChI=1S/C24H26F3N5O2.3H2/c1-15(2)21(19(33)8-10-24(25,26)27)31-20-9-11-28-22(32-20)17-12-18(29-14-17)23(34)30-13-16-6-4-3-5-7-16;;;/h3-7,9,11-12,14-15,21,29H,8,10,13H2,1-2H3,(H,30,34)(H,28,31,32);3*1H/t21-;;;/m1.../s1. The van der Waals surface area contributed by atoms with Crippen LogP contribution in [0.5, 0.6) is 0 Å². The van der Waals surface area contributed by atoms with Gasteiger partial charge in [0.1, 0.15) is 11.5 Å². The number of aromatic amines is 1. The van der Waals surface area contributed by atoms with E-state index in [2.05, 4.69) is 25.6 Å². The number of nitrogens with zero attached hydrogens (tertiary/aromatic N) is 2. The molecular weight excluding hydrogens is 447 g/mol. The second-order valence-corrected chi connectivity index (χ2v) is 8.18. The molecule has 1 amide bonds. The minimum absolute atomic E-state index is 0. The van der Waals surface area contributed by atoms with Crippen LogP contribution in [0.1, 0.15) is 47.0 Å². The first-order chi connectivity index (χ1) is 16.1. The summed E-state index contributed by atoms with van der Waals surface area (Å²) in [5.41, 5.74) is 1.85. The molecule has 0 aliphatic rings. The minimum atomic E-state index is -4.39. The van der Waals surface area contributed by atoms with Gasteiger partial charge >= 0.3 is 6.18 Å². The summed E-state index contributed by atoms with van der Waals surface area (Å²) < 4.78 is 37.6. The van der Waals surface area contributed by atoms with Gasteiger partial charge < -0.3 is 15.6 Å². The maximum Gasteiger partial charge on any atom is 0.389 e. The molecule has 0 bridgehead atoms. The lowest BCUT2D eigenvalue weighted by molar-refractivity contribution is -0.143. The van der Waals surface area contributed by atoms with Crippen LogP contribution in [0.3, 0.4) is 0 Å². The highest BCUT2D eigenvalue weighted by molar-refractivity contribution is 5.93. The third kappa shape index (κ3) is 7.16.